The largest absolute Gasteiger partial charge is 0.389 e. The van der Waals surface area contributed by atoms with Crippen molar-refractivity contribution in [1.82, 2.24) is 14.7 Å². The lowest BCUT2D eigenvalue weighted by Gasteiger charge is -2.41. The molecule has 1 aliphatic heterocycles. The number of aromatic nitrogens is 2. The van der Waals surface area contributed by atoms with E-state index in [1.54, 1.807) is 4.90 Å². The Bertz CT molecular complexity index is 525. The summed E-state index contributed by atoms with van der Waals surface area (Å²) < 4.78 is 7.02. The molecule has 0 spiro atoms. The van der Waals surface area contributed by atoms with Crippen LogP contribution in [0.15, 0.2) is 12.3 Å². The lowest BCUT2D eigenvalue weighted by Crippen LogP contribution is -2.54. The van der Waals surface area contributed by atoms with Crippen LogP contribution < -0.4 is 0 Å². The van der Waals surface area contributed by atoms with Gasteiger partial charge in [-0.05, 0) is 25.7 Å². The zero-order valence-electron chi connectivity index (χ0n) is 11.8. The van der Waals surface area contributed by atoms with Crippen LogP contribution in [0, 0.1) is 10.1 Å². The van der Waals surface area contributed by atoms with Gasteiger partial charge in [-0.25, -0.2) is 0 Å². The van der Waals surface area contributed by atoms with Crippen LogP contribution in [-0.2, 0) is 16.1 Å². The van der Waals surface area contributed by atoms with Gasteiger partial charge in [0.25, 0.3) is 0 Å². The highest BCUT2D eigenvalue weighted by atomic mass is 16.6. The molecule has 1 aromatic heterocycles. The lowest BCUT2D eigenvalue weighted by molar-refractivity contribution is -0.389. The maximum Gasteiger partial charge on any atom is 0.389 e. The molecule has 0 aromatic carbocycles. The van der Waals surface area contributed by atoms with Crippen molar-refractivity contribution >= 4 is 11.7 Å². The summed E-state index contributed by atoms with van der Waals surface area (Å²) in [5.74, 6) is -0.375. The van der Waals surface area contributed by atoms with Crippen LogP contribution in [0.4, 0.5) is 5.82 Å². The normalized spacial score (nSPS) is 21.8. The molecular weight excluding hydrogens is 264 g/mol. The van der Waals surface area contributed by atoms with Gasteiger partial charge in [0.05, 0.1) is 29.1 Å². The van der Waals surface area contributed by atoms with Crippen molar-refractivity contribution in [3.8, 4) is 0 Å². The van der Waals surface area contributed by atoms with Gasteiger partial charge in [-0.2, -0.15) is 4.68 Å². The summed E-state index contributed by atoms with van der Waals surface area (Å²) in [6, 6.07) is 1.28. The molecule has 8 heteroatoms. The number of morpholine rings is 1. The van der Waals surface area contributed by atoms with Crippen LogP contribution in [0.5, 0.6) is 0 Å². The number of amides is 1. The monoisotopic (exact) mass is 282 g/mol. The minimum atomic E-state index is -0.582. The average molecular weight is 282 g/mol. The first kappa shape index (κ1) is 14.4. The molecule has 1 amide bonds. The Hall–Kier alpha value is -1.96. The Morgan fingerprint density at radius 1 is 1.65 bits per heavy atom. The number of carbonyl (C=O) groups is 1. The van der Waals surface area contributed by atoms with Gasteiger partial charge in [0, 0.05) is 13.1 Å². The molecule has 1 saturated heterocycles. The second kappa shape index (κ2) is 5.20. The second-order valence-corrected chi connectivity index (χ2v) is 5.59. The minimum Gasteiger partial charge on any atom is -0.369 e. The molecular formula is C12H18N4O4. The topological polar surface area (TPSA) is 90.5 Å². The fourth-order valence-corrected chi connectivity index (χ4v) is 2.42. The highest BCUT2D eigenvalue weighted by Crippen LogP contribution is 2.21. The molecule has 2 rings (SSSR count). The Morgan fingerprint density at radius 2 is 2.35 bits per heavy atom. The van der Waals surface area contributed by atoms with Gasteiger partial charge in [0.15, 0.2) is 0 Å². The molecule has 110 valence electrons. The van der Waals surface area contributed by atoms with Crippen LogP contribution in [0.3, 0.4) is 0 Å². The predicted octanol–water partition coefficient (Wildman–Crippen LogP) is 0.817. The molecule has 1 aliphatic rings. The first-order valence-electron chi connectivity index (χ1n) is 6.40. The molecule has 0 radical (unpaired) electrons. The fraction of sp³-hybridized carbons (Fsp3) is 0.667. The maximum atomic E-state index is 12.2. The summed E-state index contributed by atoms with van der Waals surface area (Å²) in [6.07, 6.45) is 1.40. The number of ether oxygens (including phenoxy) is 1. The quantitative estimate of drug-likeness (QED) is 0.604. The number of nitro groups is 1. The third kappa shape index (κ3) is 3.32. The SMILES string of the molecule is CC1CN(C(=O)Cn2ccc([N+](=O)[O-])n2)CC(C)(C)O1. The highest BCUT2D eigenvalue weighted by molar-refractivity contribution is 5.76. The fourth-order valence-electron chi connectivity index (χ4n) is 2.42. The third-order valence-corrected chi connectivity index (χ3v) is 3.03. The summed E-state index contributed by atoms with van der Waals surface area (Å²) in [5, 5.41) is 14.3. The third-order valence-electron chi connectivity index (χ3n) is 3.03. The van der Waals surface area contributed by atoms with E-state index in [1.165, 1.54) is 16.9 Å². The van der Waals surface area contributed by atoms with Crippen LogP contribution >= 0.6 is 0 Å². The van der Waals surface area contributed by atoms with Crippen molar-refractivity contribution < 1.29 is 14.5 Å². The van der Waals surface area contributed by atoms with Crippen LogP contribution in [0.1, 0.15) is 20.8 Å². The van der Waals surface area contributed by atoms with Gasteiger partial charge >= 0.3 is 5.82 Å². The van der Waals surface area contributed by atoms with Gasteiger partial charge in [0.1, 0.15) is 6.54 Å². The molecule has 2 heterocycles. The van der Waals surface area contributed by atoms with E-state index < -0.39 is 4.92 Å². The van der Waals surface area contributed by atoms with E-state index in [-0.39, 0.29) is 30.0 Å². The van der Waals surface area contributed by atoms with Crippen LogP contribution in [-0.4, -0.2) is 50.3 Å². The lowest BCUT2D eigenvalue weighted by atomic mass is 10.1. The standard InChI is InChI=1S/C12H18N4O4/c1-9-6-14(8-12(2,3)20-9)11(17)7-15-5-4-10(13-15)16(18)19/h4-5,9H,6-8H2,1-3H3. The number of hydrogen-bond donors (Lipinski definition) is 0. The molecule has 1 aromatic rings. The molecule has 1 fully saturated rings. The number of rotatable bonds is 3. The van der Waals surface area contributed by atoms with Crippen molar-refractivity contribution in [1.29, 1.82) is 0 Å². The van der Waals surface area contributed by atoms with Crippen molar-refractivity contribution in [2.24, 2.45) is 0 Å². The van der Waals surface area contributed by atoms with Gasteiger partial charge in [-0.1, -0.05) is 0 Å². The smallest absolute Gasteiger partial charge is 0.369 e. The van der Waals surface area contributed by atoms with Crippen molar-refractivity contribution in [2.75, 3.05) is 13.1 Å². The minimum absolute atomic E-state index is 0.00333. The van der Waals surface area contributed by atoms with E-state index in [0.29, 0.717) is 13.1 Å². The summed E-state index contributed by atoms with van der Waals surface area (Å²) in [5.41, 5.74) is -0.385. The first-order valence-corrected chi connectivity index (χ1v) is 6.40. The maximum absolute atomic E-state index is 12.2. The molecule has 0 N–H and O–H groups in total. The van der Waals surface area contributed by atoms with Crippen molar-refractivity contribution in [3.63, 3.8) is 0 Å². The molecule has 0 bridgehead atoms. The van der Waals surface area contributed by atoms with Gasteiger partial charge in [-0.3, -0.25) is 4.79 Å². The van der Waals surface area contributed by atoms with Gasteiger partial charge < -0.3 is 19.8 Å². The second-order valence-electron chi connectivity index (χ2n) is 5.59. The highest BCUT2D eigenvalue weighted by Gasteiger charge is 2.34. The van der Waals surface area contributed by atoms with E-state index in [2.05, 4.69) is 5.10 Å². The van der Waals surface area contributed by atoms with Crippen LogP contribution in [0.2, 0.25) is 0 Å². The summed E-state index contributed by atoms with van der Waals surface area (Å²) in [7, 11) is 0. The summed E-state index contributed by atoms with van der Waals surface area (Å²) in [6.45, 7) is 6.80. The van der Waals surface area contributed by atoms with Crippen molar-refractivity contribution in [3.05, 3.63) is 22.4 Å². The zero-order valence-corrected chi connectivity index (χ0v) is 11.8. The number of nitrogens with zero attached hydrogens (tertiary/aromatic N) is 4. The molecule has 0 aliphatic carbocycles. The molecule has 0 saturated carbocycles. The molecule has 20 heavy (non-hydrogen) atoms. The first-order chi connectivity index (χ1) is 9.27. The zero-order chi connectivity index (χ0) is 14.9. The Balaban J connectivity index is 2.02. The van der Waals surface area contributed by atoms with E-state index in [9.17, 15) is 14.9 Å². The molecule has 1 atom stereocenters. The number of hydrogen-bond acceptors (Lipinski definition) is 5. The van der Waals surface area contributed by atoms with Gasteiger partial charge in [-0.15, -0.1) is 0 Å². The number of carbonyl (C=O) groups excluding carboxylic acids is 1. The molecule has 8 nitrogen and oxygen atoms in total. The summed E-state index contributed by atoms with van der Waals surface area (Å²) in [4.78, 5) is 23.9. The van der Waals surface area contributed by atoms with E-state index >= 15 is 0 Å². The van der Waals surface area contributed by atoms with E-state index in [0.717, 1.165) is 0 Å². The van der Waals surface area contributed by atoms with Gasteiger partial charge in [0.2, 0.25) is 5.91 Å². The summed E-state index contributed by atoms with van der Waals surface area (Å²) >= 11 is 0. The Kier molecular flexibility index (Phi) is 3.76. The van der Waals surface area contributed by atoms with E-state index in [1.807, 2.05) is 20.8 Å². The molecule has 1 unspecified atom stereocenters. The predicted molar refractivity (Wildman–Crippen MR) is 70.1 cm³/mol. The van der Waals surface area contributed by atoms with Crippen LogP contribution in [0.25, 0.3) is 0 Å². The van der Waals surface area contributed by atoms with Crippen molar-refractivity contribution in [2.45, 2.75) is 39.0 Å². The average Bonchev–Trinajstić information content (AvgIpc) is 2.74. The Labute approximate surface area is 116 Å². The van der Waals surface area contributed by atoms with E-state index in [4.69, 9.17) is 4.74 Å². The Morgan fingerprint density at radius 3 is 2.90 bits per heavy atom.